The average Bonchev–Trinajstić information content (AvgIpc) is 1.93. The summed E-state index contributed by atoms with van der Waals surface area (Å²) in [5, 5.41) is 0. The molecule has 0 aromatic rings. The first-order valence-corrected chi connectivity index (χ1v) is 6.66. The summed E-state index contributed by atoms with van der Waals surface area (Å²) < 4.78 is 4.63. The zero-order chi connectivity index (χ0) is 13.2. The van der Waals surface area contributed by atoms with Gasteiger partial charge in [-0.3, -0.25) is 4.79 Å². The van der Waals surface area contributed by atoms with Gasteiger partial charge in [0.1, 0.15) is 4.32 Å². The predicted octanol–water partition coefficient (Wildman–Crippen LogP) is 3.83. The minimum absolute atomic E-state index is 0.0557. The Labute approximate surface area is 113 Å². The number of esters is 1. The normalized spacial score (nSPS) is 13.8. The molecular formula is C12H23BrO2S. The minimum atomic E-state index is -0.612. The summed E-state index contributed by atoms with van der Waals surface area (Å²) in [6.07, 6.45) is 0.888. The van der Waals surface area contributed by atoms with Crippen LogP contribution in [0, 0.1) is 5.41 Å². The second-order valence-corrected chi connectivity index (χ2v) is 9.40. The summed E-state index contributed by atoms with van der Waals surface area (Å²) in [7, 11) is 0. The zero-order valence-electron chi connectivity index (χ0n) is 11.1. The maximum Gasteiger partial charge on any atom is 0.322 e. The van der Waals surface area contributed by atoms with Crippen molar-refractivity contribution in [2.75, 3.05) is 6.61 Å². The second-order valence-electron chi connectivity index (χ2n) is 6.20. The largest absolute Gasteiger partial charge is 0.464 e. The molecule has 0 unspecified atom stereocenters. The highest BCUT2D eigenvalue weighted by molar-refractivity contribution is 9.10. The van der Waals surface area contributed by atoms with Crippen molar-refractivity contribution in [2.24, 2.45) is 5.41 Å². The van der Waals surface area contributed by atoms with Crippen molar-refractivity contribution < 1.29 is 9.53 Å². The highest BCUT2D eigenvalue weighted by Gasteiger charge is 2.31. The molecule has 0 aliphatic rings. The standard InChI is InChI=1S/C12H23BrO2S/c1-10(2,7-11(3,4)16)8-15-9(14)12(5,6)13/h16H,7-8H2,1-6H3. The van der Waals surface area contributed by atoms with Crippen LogP contribution in [0.3, 0.4) is 0 Å². The summed E-state index contributed by atoms with van der Waals surface area (Å²) in [6, 6.07) is 0. The third-order valence-corrected chi connectivity index (χ3v) is 2.47. The van der Waals surface area contributed by atoms with Gasteiger partial charge in [-0.1, -0.05) is 43.6 Å². The van der Waals surface area contributed by atoms with E-state index in [2.05, 4.69) is 56.3 Å². The van der Waals surface area contributed by atoms with Crippen LogP contribution in [-0.4, -0.2) is 21.6 Å². The monoisotopic (exact) mass is 310 g/mol. The molecule has 16 heavy (non-hydrogen) atoms. The highest BCUT2D eigenvalue weighted by atomic mass is 79.9. The Bertz CT molecular complexity index is 249. The minimum Gasteiger partial charge on any atom is -0.464 e. The molecule has 0 atom stereocenters. The van der Waals surface area contributed by atoms with Crippen molar-refractivity contribution in [3.8, 4) is 0 Å². The van der Waals surface area contributed by atoms with Gasteiger partial charge in [0.05, 0.1) is 6.61 Å². The SMILES string of the molecule is CC(C)(S)CC(C)(C)COC(=O)C(C)(C)Br. The number of hydrogen-bond acceptors (Lipinski definition) is 3. The Morgan fingerprint density at radius 3 is 1.94 bits per heavy atom. The van der Waals surface area contributed by atoms with Gasteiger partial charge in [0.25, 0.3) is 0 Å². The second kappa shape index (κ2) is 5.30. The van der Waals surface area contributed by atoms with E-state index >= 15 is 0 Å². The molecule has 0 fully saturated rings. The van der Waals surface area contributed by atoms with Crippen molar-refractivity contribution >= 4 is 34.5 Å². The topological polar surface area (TPSA) is 26.3 Å². The first kappa shape index (κ1) is 16.3. The van der Waals surface area contributed by atoms with Crippen LogP contribution in [0.4, 0.5) is 0 Å². The van der Waals surface area contributed by atoms with E-state index in [1.54, 1.807) is 13.8 Å². The molecule has 0 aromatic carbocycles. The number of halogens is 1. The van der Waals surface area contributed by atoms with Crippen LogP contribution in [0.1, 0.15) is 48.0 Å². The molecular weight excluding hydrogens is 288 g/mol. The number of carbonyl (C=O) groups is 1. The van der Waals surface area contributed by atoms with E-state index in [1.807, 2.05) is 0 Å². The van der Waals surface area contributed by atoms with Gasteiger partial charge < -0.3 is 4.74 Å². The molecule has 96 valence electrons. The number of carbonyl (C=O) groups excluding carboxylic acids is 1. The van der Waals surface area contributed by atoms with Crippen molar-refractivity contribution in [1.82, 2.24) is 0 Å². The van der Waals surface area contributed by atoms with Crippen LogP contribution in [0.2, 0.25) is 0 Å². The molecule has 4 heteroatoms. The number of hydrogen-bond donors (Lipinski definition) is 1. The Morgan fingerprint density at radius 2 is 1.62 bits per heavy atom. The van der Waals surface area contributed by atoms with Gasteiger partial charge in [-0.05, 0) is 20.3 Å². The Morgan fingerprint density at radius 1 is 1.19 bits per heavy atom. The molecule has 0 heterocycles. The van der Waals surface area contributed by atoms with Gasteiger partial charge in [-0.25, -0.2) is 0 Å². The van der Waals surface area contributed by atoms with Crippen LogP contribution >= 0.6 is 28.6 Å². The van der Waals surface area contributed by atoms with Crippen LogP contribution in [0.15, 0.2) is 0 Å². The molecule has 0 saturated heterocycles. The van der Waals surface area contributed by atoms with Crippen molar-refractivity contribution in [1.29, 1.82) is 0 Å². The molecule has 0 N–H and O–H groups in total. The average molecular weight is 311 g/mol. The van der Waals surface area contributed by atoms with E-state index in [0.29, 0.717) is 6.61 Å². The number of ether oxygens (including phenoxy) is 1. The van der Waals surface area contributed by atoms with Crippen LogP contribution in [0.25, 0.3) is 0 Å². The van der Waals surface area contributed by atoms with Gasteiger partial charge in [0.15, 0.2) is 0 Å². The lowest BCUT2D eigenvalue weighted by Crippen LogP contribution is -2.33. The fourth-order valence-corrected chi connectivity index (χ4v) is 2.20. The molecule has 0 radical (unpaired) electrons. The highest BCUT2D eigenvalue weighted by Crippen LogP contribution is 2.32. The van der Waals surface area contributed by atoms with Crippen LogP contribution in [0.5, 0.6) is 0 Å². The number of thiol groups is 1. The first-order valence-electron chi connectivity index (χ1n) is 5.42. The Hall–Kier alpha value is 0.300. The molecule has 0 aromatic heterocycles. The van der Waals surface area contributed by atoms with Gasteiger partial charge in [-0.15, -0.1) is 0 Å². The van der Waals surface area contributed by atoms with Crippen molar-refractivity contribution in [2.45, 2.75) is 57.0 Å². The van der Waals surface area contributed by atoms with Gasteiger partial charge in [0.2, 0.25) is 0 Å². The fourth-order valence-electron chi connectivity index (χ4n) is 1.65. The third-order valence-electron chi connectivity index (χ3n) is 1.99. The predicted molar refractivity (Wildman–Crippen MR) is 75.4 cm³/mol. The van der Waals surface area contributed by atoms with Gasteiger partial charge >= 0.3 is 5.97 Å². The Kier molecular flexibility index (Phi) is 5.40. The molecule has 0 rings (SSSR count). The Balaban J connectivity index is 4.25. The lowest BCUT2D eigenvalue weighted by molar-refractivity contribution is -0.148. The van der Waals surface area contributed by atoms with Crippen LogP contribution in [-0.2, 0) is 9.53 Å². The van der Waals surface area contributed by atoms with E-state index in [0.717, 1.165) is 6.42 Å². The summed E-state index contributed by atoms with van der Waals surface area (Å²) in [5.74, 6) is -0.224. The quantitative estimate of drug-likeness (QED) is 0.474. The molecule has 2 nitrogen and oxygen atoms in total. The van der Waals surface area contributed by atoms with E-state index in [4.69, 9.17) is 4.74 Å². The summed E-state index contributed by atoms with van der Waals surface area (Å²) in [5.41, 5.74) is -0.0564. The zero-order valence-corrected chi connectivity index (χ0v) is 13.5. The maximum absolute atomic E-state index is 11.6. The molecule has 0 spiro atoms. The molecule has 0 amide bonds. The summed E-state index contributed by atoms with van der Waals surface area (Å²) >= 11 is 7.78. The molecule has 0 saturated carbocycles. The smallest absolute Gasteiger partial charge is 0.322 e. The lowest BCUT2D eigenvalue weighted by atomic mass is 9.84. The van der Waals surface area contributed by atoms with Crippen LogP contribution < -0.4 is 0 Å². The van der Waals surface area contributed by atoms with Gasteiger partial charge in [-0.2, -0.15) is 12.6 Å². The van der Waals surface area contributed by atoms with Crippen molar-refractivity contribution in [3.05, 3.63) is 0 Å². The number of rotatable bonds is 5. The molecule has 0 bridgehead atoms. The van der Waals surface area contributed by atoms with E-state index in [-0.39, 0.29) is 16.1 Å². The van der Waals surface area contributed by atoms with E-state index in [9.17, 15) is 4.79 Å². The third kappa shape index (κ3) is 7.55. The van der Waals surface area contributed by atoms with Gasteiger partial charge in [0, 0.05) is 10.2 Å². The maximum atomic E-state index is 11.6. The van der Waals surface area contributed by atoms with E-state index < -0.39 is 4.32 Å². The molecule has 0 aliphatic carbocycles. The molecule has 0 aliphatic heterocycles. The lowest BCUT2D eigenvalue weighted by Gasteiger charge is -2.31. The van der Waals surface area contributed by atoms with Crippen molar-refractivity contribution in [3.63, 3.8) is 0 Å². The first-order chi connectivity index (χ1) is 6.83. The fraction of sp³-hybridized carbons (Fsp3) is 0.917. The van der Waals surface area contributed by atoms with E-state index in [1.165, 1.54) is 0 Å². The number of alkyl halides is 1. The summed E-state index contributed by atoms with van der Waals surface area (Å²) in [6.45, 7) is 12.3. The summed E-state index contributed by atoms with van der Waals surface area (Å²) in [4.78, 5) is 11.6.